The molecule has 2 saturated heterocycles. The Hall–Kier alpha value is -0.990. The molecule has 150 valence electrons. The quantitative estimate of drug-likeness (QED) is 0.328. The summed E-state index contributed by atoms with van der Waals surface area (Å²) in [7, 11) is 0. The molecular formula is C19H32O7. The summed E-state index contributed by atoms with van der Waals surface area (Å²) >= 11 is 0. The van der Waals surface area contributed by atoms with Crippen LogP contribution >= 0.6 is 0 Å². The summed E-state index contributed by atoms with van der Waals surface area (Å²) in [5.41, 5.74) is 0.731. The van der Waals surface area contributed by atoms with Crippen molar-refractivity contribution >= 4 is 5.97 Å². The van der Waals surface area contributed by atoms with Gasteiger partial charge in [-0.3, -0.25) is 0 Å². The van der Waals surface area contributed by atoms with E-state index in [1.165, 1.54) is 6.08 Å². The molecular weight excluding hydrogens is 340 g/mol. The molecule has 0 amide bonds. The number of esters is 1. The van der Waals surface area contributed by atoms with Crippen LogP contribution in [0.15, 0.2) is 11.6 Å². The number of carbonyl (C=O) groups is 1. The third kappa shape index (κ3) is 5.50. The number of rotatable bonds is 8. The number of carbonyl (C=O) groups excluding carboxylic acids is 1. The number of aliphatic hydroxyl groups excluding tert-OH is 3. The number of aliphatic hydroxyl groups is 3. The van der Waals surface area contributed by atoms with Gasteiger partial charge in [-0.25, -0.2) is 4.79 Å². The van der Waals surface area contributed by atoms with Crippen molar-refractivity contribution in [1.82, 2.24) is 0 Å². The van der Waals surface area contributed by atoms with Crippen molar-refractivity contribution in [2.45, 2.75) is 77.2 Å². The van der Waals surface area contributed by atoms with Crippen LogP contribution in [0.4, 0.5) is 0 Å². The standard InChI is InChI=1S/C19H32O7/c1-5-24-16(21)7-10(2)6-14-18(23)17(22)13(9-25-14)8-15-19(26-15)11(3)12(4)20/h7,11-15,17-20,22-23H,5-6,8-9H2,1-4H3/b10-7-/t11-,12-,13-,14-,15-,17+,18-,19-/m0/s1. The molecule has 8 atom stereocenters. The molecule has 2 rings (SSSR count). The fraction of sp³-hybridized carbons (Fsp3) is 0.842. The van der Waals surface area contributed by atoms with E-state index < -0.39 is 30.4 Å². The van der Waals surface area contributed by atoms with Crippen LogP contribution < -0.4 is 0 Å². The minimum absolute atomic E-state index is 0.00757. The van der Waals surface area contributed by atoms with Crippen LogP contribution in [-0.4, -0.2) is 71.1 Å². The van der Waals surface area contributed by atoms with Crippen molar-refractivity contribution in [3.8, 4) is 0 Å². The molecule has 0 aliphatic carbocycles. The molecule has 2 heterocycles. The maximum atomic E-state index is 11.5. The van der Waals surface area contributed by atoms with E-state index in [9.17, 15) is 20.1 Å². The molecule has 2 fully saturated rings. The molecule has 26 heavy (non-hydrogen) atoms. The fourth-order valence-corrected chi connectivity index (χ4v) is 3.47. The first kappa shape index (κ1) is 21.3. The van der Waals surface area contributed by atoms with Gasteiger partial charge in [0.2, 0.25) is 0 Å². The van der Waals surface area contributed by atoms with Gasteiger partial charge in [0.05, 0.1) is 43.7 Å². The Morgan fingerprint density at radius 1 is 1.27 bits per heavy atom. The first-order valence-electron chi connectivity index (χ1n) is 9.39. The van der Waals surface area contributed by atoms with E-state index >= 15 is 0 Å². The van der Waals surface area contributed by atoms with Gasteiger partial charge in [-0.1, -0.05) is 12.5 Å². The Kier molecular flexibility index (Phi) is 7.61. The lowest BCUT2D eigenvalue weighted by Gasteiger charge is -2.38. The molecule has 7 nitrogen and oxygen atoms in total. The van der Waals surface area contributed by atoms with Gasteiger partial charge >= 0.3 is 5.97 Å². The Labute approximate surface area is 154 Å². The molecule has 3 N–H and O–H groups in total. The van der Waals surface area contributed by atoms with Gasteiger partial charge in [0, 0.05) is 17.9 Å². The summed E-state index contributed by atoms with van der Waals surface area (Å²) in [6.07, 6.45) is -0.625. The van der Waals surface area contributed by atoms with Gasteiger partial charge in [-0.15, -0.1) is 0 Å². The first-order chi connectivity index (χ1) is 12.2. The smallest absolute Gasteiger partial charge is 0.330 e. The normalized spacial score (nSPS) is 37.1. The summed E-state index contributed by atoms with van der Waals surface area (Å²) in [6, 6.07) is 0. The van der Waals surface area contributed by atoms with Gasteiger partial charge in [0.15, 0.2) is 0 Å². The molecule has 0 aromatic carbocycles. The summed E-state index contributed by atoms with van der Waals surface area (Å²) in [5.74, 6) is -0.598. The topological polar surface area (TPSA) is 109 Å². The summed E-state index contributed by atoms with van der Waals surface area (Å²) in [5, 5.41) is 30.5. The summed E-state index contributed by atoms with van der Waals surface area (Å²) in [6.45, 7) is 7.82. The van der Waals surface area contributed by atoms with E-state index in [2.05, 4.69) is 0 Å². The van der Waals surface area contributed by atoms with Crippen LogP contribution in [0.1, 0.15) is 40.5 Å². The minimum Gasteiger partial charge on any atom is -0.463 e. The average Bonchev–Trinajstić information content (AvgIpc) is 3.33. The zero-order valence-corrected chi connectivity index (χ0v) is 16.0. The molecule has 0 saturated carbocycles. The van der Waals surface area contributed by atoms with E-state index in [0.29, 0.717) is 26.1 Å². The monoisotopic (exact) mass is 372 g/mol. The molecule has 2 aliphatic rings. The molecule has 0 aromatic heterocycles. The van der Waals surface area contributed by atoms with E-state index in [4.69, 9.17) is 14.2 Å². The first-order valence-corrected chi connectivity index (χ1v) is 9.39. The SMILES string of the molecule is CCOC(=O)/C=C(/C)C[C@@H]1OC[C@H](C[C@@H]2O[C@H]2[C@@H](C)[C@H](C)O)[C@@H](O)[C@H]1O. The number of ether oxygens (including phenoxy) is 3. The van der Waals surface area contributed by atoms with E-state index in [0.717, 1.165) is 5.57 Å². The van der Waals surface area contributed by atoms with Crippen LogP contribution in [0.2, 0.25) is 0 Å². The molecule has 0 radical (unpaired) electrons. The maximum Gasteiger partial charge on any atom is 0.330 e. The zero-order valence-electron chi connectivity index (χ0n) is 16.0. The lowest BCUT2D eigenvalue weighted by Crippen LogP contribution is -2.50. The van der Waals surface area contributed by atoms with E-state index in [-0.39, 0.29) is 24.0 Å². The summed E-state index contributed by atoms with van der Waals surface area (Å²) in [4.78, 5) is 11.5. The molecule has 7 heteroatoms. The Morgan fingerprint density at radius 2 is 1.96 bits per heavy atom. The Bertz CT molecular complexity index is 504. The summed E-state index contributed by atoms with van der Waals surface area (Å²) < 4.78 is 16.2. The highest BCUT2D eigenvalue weighted by molar-refractivity contribution is 5.82. The lowest BCUT2D eigenvalue weighted by atomic mass is 9.85. The number of hydrogen-bond donors (Lipinski definition) is 3. The van der Waals surface area contributed by atoms with Crippen LogP contribution in [0.5, 0.6) is 0 Å². The molecule has 2 aliphatic heterocycles. The average molecular weight is 372 g/mol. The second-order valence-electron chi connectivity index (χ2n) is 7.53. The second-order valence-corrected chi connectivity index (χ2v) is 7.53. The van der Waals surface area contributed by atoms with Crippen molar-refractivity contribution < 1.29 is 34.3 Å². The fourth-order valence-electron chi connectivity index (χ4n) is 3.47. The highest BCUT2D eigenvalue weighted by Crippen LogP contribution is 2.38. The molecule has 0 spiro atoms. The van der Waals surface area contributed by atoms with Crippen LogP contribution in [-0.2, 0) is 19.0 Å². The van der Waals surface area contributed by atoms with E-state index in [1.54, 1.807) is 20.8 Å². The Morgan fingerprint density at radius 3 is 2.58 bits per heavy atom. The predicted octanol–water partition coefficient (Wildman–Crippen LogP) is 0.797. The van der Waals surface area contributed by atoms with Crippen molar-refractivity contribution in [2.75, 3.05) is 13.2 Å². The minimum atomic E-state index is -1.02. The third-order valence-electron chi connectivity index (χ3n) is 5.35. The van der Waals surface area contributed by atoms with Crippen LogP contribution in [0.25, 0.3) is 0 Å². The Balaban J connectivity index is 1.83. The van der Waals surface area contributed by atoms with Crippen molar-refractivity contribution in [1.29, 1.82) is 0 Å². The van der Waals surface area contributed by atoms with Gasteiger partial charge in [0.1, 0.15) is 6.10 Å². The van der Waals surface area contributed by atoms with Crippen molar-refractivity contribution in [3.63, 3.8) is 0 Å². The highest BCUT2D eigenvalue weighted by Gasteiger charge is 2.48. The second kappa shape index (κ2) is 9.28. The van der Waals surface area contributed by atoms with Crippen molar-refractivity contribution in [2.24, 2.45) is 11.8 Å². The highest BCUT2D eigenvalue weighted by atomic mass is 16.6. The molecule has 0 unspecified atom stereocenters. The van der Waals surface area contributed by atoms with E-state index in [1.807, 2.05) is 6.92 Å². The van der Waals surface area contributed by atoms with Crippen LogP contribution in [0, 0.1) is 11.8 Å². The van der Waals surface area contributed by atoms with Crippen molar-refractivity contribution in [3.05, 3.63) is 11.6 Å². The van der Waals surface area contributed by atoms with Gasteiger partial charge in [0.25, 0.3) is 0 Å². The van der Waals surface area contributed by atoms with Crippen LogP contribution in [0.3, 0.4) is 0 Å². The van der Waals surface area contributed by atoms with Gasteiger partial charge < -0.3 is 29.5 Å². The predicted molar refractivity (Wildman–Crippen MR) is 94.4 cm³/mol. The molecule has 0 bridgehead atoms. The van der Waals surface area contributed by atoms with Gasteiger partial charge in [-0.05, 0) is 33.6 Å². The third-order valence-corrected chi connectivity index (χ3v) is 5.35. The maximum absolute atomic E-state index is 11.5. The largest absolute Gasteiger partial charge is 0.463 e. The zero-order chi connectivity index (χ0) is 19.4. The number of hydrogen-bond acceptors (Lipinski definition) is 7. The molecule has 0 aromatic rings. The van der Waals surface area contributed by atoms with Gasteiger partial charge in [-0.2, -0.15) is 0 Å². The lowest BCUT2D eigenvalue weighted by molar-refractivity contribution is -0.165. The number of epoxide rings is 1.